The van der Waals surface area contributed by atoms with Crippen LogP contribution in [-0.4, -0.2) is 58.4 Å². The molecule has 0 spiro atoms. The Kier molecular flexibility index (Phi) is 8.25. The van der Waals surface area contributed by atoms with Gasteiger partial charge < -0.3 is 9.33 Å². The number of carbonyl (C=O) groups excluding carboxylic acids is 3. The summed E-state index contributed by atoms with van der Waals surface area (Å²) in [7, 11) is 3.30. The van der Waals surface area contributed by atoms with Crippen LogP contribution in [0, 0.1) is 0 Å². The summed E-state index contributed by atoms with van der Waals surface area (Å²) in [5, 5.41) is -0.0127. The maximum absolute atomic E-state index is 13.0. The zero-order valence-electron chi connectivity index (χ0n) is 19.1. The van der Waals surface area contributed by atoms with Gasteiger partial charge in [-0.05, 0) is 36.5 Å². The summed E-state index contributed by atoms with van der Waals surface area (Å²) in [6.45, 7) is 11.2. The largest absolute Gasteiger partial charge is 0.407 e. The number of likely N-dealkylation sites (tertiary alicyclic amines) is 1. The maximum Gasteiger partial charge on any atom is 0.270 e. The number of carbonyl (C=O) groups is 3. The summed E-state index contributed by atoms with van der Waals surface area (Å²) in [6, 6.07) is 9.29. The van der Waals surface area contributed by atoms with Crippen molar-refractivity contribution in [3.8, 4) is 0 Å². The number of nitrogens with one attached hydrogen (secondary N) is 2. The number of rotatable bonds is 5. The number of nitrogens with zero attached hydrogens (tertiary/aromatic N) is 1. The molecule has 2 radical (unpaired) electrons. The average Bonchev–Trinajstić information content (AvgIpc) is 2.71. The van der Waals surface area contributed by atoms with Gasteiger partial charge in [-0.15, -0.1) is 0 Å². The molecule has 1 saturated heterocycles. The van der Waals surface area contributed by atoms with Crippen LogP contribution < -0.4 is 10.9 Å². The highest BCUT2D eigenvalue weighted by Crippen LogP contribution is 2.36. The first-order valence-corrected chi connectivity index (χ1v) is 13.4. The molecule has 1 heterocycles. The van der Waals surface area contributed by atoms with E-state index in [1.165, 1.54) is 0 Å². The number of amides is 3. The fourth-order valence-electron chi connectivity index (χ4n) is 3.04. The highest BCUT2D eigenvalue weighted by Gasteiger charge is 2.37. The zero-order chi connectivity index (χ0) is 23.2. The van der Waals surface area contributed by atoms with Crippen molar-refractivity contribution in [1.82, 2.24) is 15.8 Å². The van der Waals surface area contributed by atoms with Crippen molar-refractivity contribution in [3.05, 3.63) is 41.5 Å². The van der Waals surface area contributed by atoms with Gasteiger partial charge in [0.05, 0.1) is 0 Å². The van der Waals surface area contributed by atoms with Gasteiger partial charge in [0.25, 0.3) is 11.8 Å². The Morgan fingerprint density at radius 2 is 1.65 bits per heavy atom. The van der Waals surface area contributed by atoms with Gasteiger partial charge in [0.15, 0.2) is 14.1 Å². The number of hydrogen-bond acceptors (Lipinski definition) is 4. The van der Waals surface area contributed by atoms with Gasteiger partial charge in [-0.1, -0.05) is 56.7 Å². The summed E-state index contributed by atoms with van der Waals surface area (Å²) >= 11 is 0. The molecule has 9 heteroatoms. The van der Waals surface area contributed by atoms with Gasteiger partial charge in [0.2, 0.25) is 7.85 Å². The van der Waals surface area contributed by atoms with Crippen molar-refractivity contribution < 1.29 is 18.8 Å². The van der Waals surface area contributed by atoms with E-state index in [9.17, 15) is 14.4 Å². The standard InChI is InChI=1S/C22H32BN3O4Si/c1-22(2,3)31(4,5)30-15-18(27)24-25-20(28)19(16-9-7-6-8-10-16)17-11-13-26(14-12-17)21(23)29/h6-10H,11-15H2,1-5H3,(H,24,27)(H,25,28). The topological polar surface area (TPSA) is 87.7 Å². The molecule has 0 saturated carbocycles. The van der Waals surface area contributed by atoms with Gasteiger partial charge in [-0.3, -0.25) is 25.2 Å². The lowest BCUT2D eigenvalue weighted by Crippen LogP contribution is -2.48. The Bertz CT molecular complexity index is 840. The van der Waals surface area contributed by atoms with E-state index in [1.54, 1.807) is 4.90 Å². The molecule has 31 heavy (non-hydrogen) atoms. The molecular weight excluding hydrogens is 409 g/mol. The van der Waals surface area contributed by atoms with E-state index in [4.69, 9.17) is 12.3 Å². The minimum Gasteiger partial charge on any atom is -0.407 e. The molecule has 7 nitrogen and oxygen atoms in total. The van der Waals surface area contributed by atoms with Gasteiger partial charge in [0, 0.05) is 18.7 Å². The summed E-state index contributed by atoms with van der Waals surface area (Å²) in [5.74, 6) is -1.26. The molecule has 166 valence electrons. The Labute approximate surface area is 187 Å². The average molecular weight is 441 g/mol. The molecule has 1 aromatic carbocycles. The third-order valence-electron chi connectivity index (χ3n) is 6.01. The van der Waals surface area contributed by atoms with Crippen LogP contribution in [0.3, 0.4) is 0 Å². The van der Waals surface area contributed by atoms with Crippen LogP contribution in [-0.2, 0) is 14.0 Å². The monoisotopic (exact) mass is 441 g/mol. The third-order valence-corrected chi connectivity index (χ3v) is 10.5. The lowest BCUT2D eigenvalue weighted by atomic mass is 9.91. The summed E-state index contributed by atoms with van der Waals surface area (Å²) < 4.78 is 5.90. The molecule has 0 atom stereocenters. The fourth-order valence-corrected chi connectivity index (χ4v) is 3.96. The Hall–Kier alpha value is -2.39. The first-order valence-electron chi connectivity index (χ1n) is 10.5. The van der Waals surface area contributed by atoms with E-state index in [-0.39, 0.29) is 11.6 Å². The minimum atomic E-state index is -2.07. The molecule has 0 unspecified atom stereocenters. The molecule has 2 rings (SSSR count). The zero-order valence-corrected chi connectivity index (χ0v) is 20.1. The van der Waals surface area contributed by atoms with Crippen LogP contribution in [0.4, 0.5) is 4.79 Å². The second kappa shape index (κ2) is 10.3. The quantitative estimate of drug-likeness (QED) is 0.418. The highest BCUT2D eigenvalue weighted by molar-refractivity contribution is 6.74. The van der Waals surface area contributed by atoms with Crippen LogP contribution in [0.2, 0.25) is 18.1 Å². The number of benzene rings is 1. The predicted molar refractivity (Wildman–Crippen MR) is 125 cm³/mol. The third kappa shape index (κ3) is 6.80. The van der Waals surface area contributed by atoms with E-state index < -0.39 is 25.9 Å². The second-order valence-electron chi connectivity index (χ2n) is 9.22. The first-order chi connectivity index (χ1) is 14.4. The minimum absolute atomic E-state index is 0.0127. The summed E-state index contributed by atoms with van der Waals surface area (Å²) in [4.78, 5) is 38.2. The van der Waals surface area contributed by atoms with Crippen molar-refractivity contribution in [2.45, 2.75) is 51.7 Å². The van der Waals surface area contributed by atoms with Crippen molar-refractivity contribution in [3.63, 3.8) is 0 Å². The van der Waals surface area contributed by atoms with E-state index in [1.807, 2.05) is 30.3 Å². The molecule has 1 fully saturated rings. The molecule has 1 aromatic rings. The van der Waals surface area contributed by atoms with Crippen molar-refractivity contribution >= 4 is 39.4 Å². The van der Waals surface area contributed by atoms with Crippen molar-refractivity contribution in [2.24, 2.45) is 0 Å². The fraction of sp³-hybridized carbons (Fsp3) is 0.500. The highest BCUT2D eigenvalue weighted by atomic mass is 28.4. The number of hydrogen-bond donors (Lipinski definition) is 2. The van der Waals surface area contributed by atoms with Crippen LogP contribution in [0.15, 0.2) is 35.9 Å². The van der Waals surface area contributed by atoms with Crippen molar-refractivity contribution in [2.75, 3.05) is 19.7 Å². The van der Waals surface area contributed by atoms with Crippen LogP contribution in [0.5, 0.6) is 0 Å². The Morgan fingerprint density at radius 3 is 2.16 bits per heavy atom. The second-order valence-corrected chi connectivity index (χ2v) is 14.0. The van der Waals surface area contributed by atoms with Crippen LogP contribution in [0.25, 0.3) is 5.57 Å². The lowest BCUT2D eigenvalue weighted by Gasteiger charge is -2.35. The van der Waals surface area contributed by atoms with Gasteiger partial charge in [-0.2, -0.15) is 0 Å². The van der Waals surface area contributed by atoms with Gasteiger partial charge in [0.1, 0.15) is 6.61 Å². The normalized spacial score (nSPS) is 14.7. The molecule has 1 aliphatic rings. The molecule has 0 aromatic heterocycles. The predicted octanol–water partition coefficient (Wildman–Crippen LogP) is 2.99. The maximum atomic E-state index is 13.0. The molecule has 2 N–H and O–H groups in total. The Morgan fingerprint density at radius 1 is 1.06 bits per heavy atom. The molecule has 0 aliphatic carbocycles. The van der Waals surface area contributed by atoms with Gasteiger partial charge in [-0.25, -0.2) is 0 Å². The van der Waals surface area contributed by atoms with E-state index in [0.29, 0.717) is 31.5 Å². The number of piperidine rings is 1. The first kappa shape index (κ1) is 24.9. The van der Waals surface area contributed by atoms with E-state index in [2.05, 4.69) is 44.7 Å². The van der Waals surface area contributed by atoms with Crippen LogP contribution in [0.1, 0.15) is 39.2 Å². The molecule has 3 amide bonds. The smallest absolute Gasteiger partial charge is 0.270 e. The Balaban J connectivity index is 2.07. The van der Waals surface area contributed by atoms with Crippen LogP contribution >= 0.6 is 0 Å². The summed E-state index contributed by atoms with van der Waals surface area (Å²) in [6.07, 6.45) is 1.09. The molecule has 0 bridgehead atoms. The van der Waals surface area contributed by atoms with Gasteiger partial charge >= 0.3 is 0 Å². The molecule has 1 aliphatic heterocycles. The molecular formula is C22H32BN3O4Si. The van der Waals surface area contributed by atoms with Crippen molar-refractivity contribution in [1.29, 1.82) is 0 Å². The lowest BCUT2D eigenvalue weighted by molar-refractivity contribution is -0.128. The summed E-state index contributed by atoms with van der Waals surface area (Å²) in [5.41, 5.74) is 7.18. The SMILES string of the molecule is [B]C(=O)N1CCC(=C(C(=O)NNC(=O)CO[Si](C)(C)C(C)(C)C)c2ccccc2)CC1. The van der Waals surface area contributed by atoms with E-state index in [0.717, 1.165) is 11.1 Å². The van der Waals surface area contributed by atoms with E-state index >= 15 is 0 Å². The number of hydrazine groups is 1.